The van der Waals surface area contributed by atoms with E-state index in [-0.39, 0.29) is 22.6 Å². The molecule has 2 aromatic carbocycles. The zero-order valence-electron chi connectivity index (χ0n) is 23.0. The highest BCUT2D eigenvalue weighted by Gasteiger charge is 2.45. The summed E-state index contributed by atoms with van der Waals surface area (Å²) in [5.41, 5.74) is 2.67. The molecule has 0 aliphatic carbocycles. The number of nitrogens with one attached hydrogen (secondary N) is 2. The summed E-state index contributed by atoms with van der Waals surface area (Å²) < 4.78 is 65.5. The Bertz CT molecular complexity index is 1550. The number of rotatable bonds is 8. The third-order valence-electron chi connectivity index (χ3n) is 7.80. The predicted molar refractivity (Wildman–Crippen MR) is 152 cm³/mol. The second kappa shape index (κ2) is 11.1. The van der Waals surface area contributed by atoms with Crippen molar-refractivity contribution in [2.45, 2.75) is 45.8 Å². The van der Waals surface area contributed by atoms with Crippen LogP contribution in [0.3, 0.4) is 0 Å². The zero-order chi connectivity index (χ0) is 29.4. The van der Waals surface area contributed by atoms with Gasteiger partial charge in [-0.2, -0.15) is 13.2 Å². The quantitative estimate of drug-likeness (QED) is 0.396. The molecule has 9 nitrogen and oxygen atoms in total. The van der Waals surface area contributed by atoms with Crippen molar-refractivity contribution < 1.29 is 26.4 Å². The van der Waals surface area contributed by atoms with Crippen LogP contribution in [0.25, 0.3) is 10.9 Å². The summed E-state index contributed by atoms with van der Waals surface area (Å²) in [6.45, 7) is 6.89. The number of alkyl halides is 3. The van der Waals surface area contributed by atoms with E-state index in [2.05, 4.69) is 29.8 Å². The number of halogens is 3. The van der Waals surface area contributed by atoms with E-state index in [1.54, 1.807) is 31.2 Å². The van der Waals surface area contributed by atoms with E-state index in [0.717, 1.165) is 44.6 Å². The standard InChI is InChI=1S/C28H33F3N6O3S/c1-3-41(39,40)35-24-7-5-21(13-25(24)34-19(2)38)15-36-10-8-27(9-11-36)16-37(17-27)26-22-12-20(14-28(29,30)31)4-6-23(22)32-18-33-26/h4-7,12-13,18,35H,3,8-11,14-17H2,1-2H3,(H,34,38). The van der Waals surface area contributed by atoms with Gasteiger partial charge in [0.25, 0.3) is 0 Å². The first kappa shape index (κ1) is 29.1. The number of likely N-dealkylation sites (tertiary alicyclic amines) is 1. The van der Waals surface area contributed by atoms with Gasteiger partial charge in [-0.1, -0.05) is 12.1 Å². The smallest absolute Gasteiger partial charge is 0.355 e. The SMILES string of the molecule is CCS(=O)(=O)Nc1ccc(CN2CCC3(CC2)CN(c2ncnc4ccc(CC(F)(F)F)cc24)C3)cc1NC(C)=O. The summed E-state index contributed by atoms with van der Waals surface area (Å²) in [6, 6.07) is 9.99. The zero-order valence-corrected chi connectivity index (χ0v) is 23.8. The van der Waals surface area contributed by atoms with Crippen LogP contribution in [0.4, 0.5) is 30.4 Å². The molecule has 2 aliphatic heterocycles. The fraction of sp³-hybridized carbons (Fsp3) is 0.464. The molecule has 3 heterocycles. The molecule has 1 spiro atoms. The van der Waals surface area contributed by atoms with E-state index in [9.17, 15) is 26.4 Å². The molecule has 0 saturated carbocycles. The summed E-state index contributed by atoms with van der Waals surface area (Å²) in [6.07, 6.45) is -1.86. The van der Waals surface area contributed by atoms with Crippen LogP contribution in [-0.2, 0) is 27.8 Å². The van der Waals surface area contributed by atoms with Crippen molar-refractivity contribution in [2.75, 3.05) is 46.9 Å². The number of aromatic nitrogens is 2. The lowest BCUT2D eigenvalue weighted by Crippen LogP contribution is -2.60. The topological polar surface area (TPSA) is 108 Å². The Morgan fingerprint density at radius 1 is 1.02 bits per heavy atom. The predicted octanol–water partition coefficient (Wildman–Crippen LogP) is 4.56. The van der Waals surface area contributed by atoms with Crippen molar-refractivity contribution >= 4 is 44.0 Å². The van der Waals surface area contributed by atoms with Crippen LogP contribution in [0, 0.1) is 5.41 Å². The monoisotopic (exact) mass is 590 g/mol. The summed E-state index contributed by atoms with van der Waals surface area (Å²) in [5, 5.41) is 3.36. The minimum atomic E-state index is -4.28. The van der Waals surface area contributed by atoms with E-state index >= 15 is 0 Å². The molecule has 13 heteroatoms. The molecule has 0 bridgehead atoms. The van der Waals surface area contributed by atoms with Crippen LogP contribution >= 0.6 is 0 Å². The number of sulfonamides is 1. The third kappa shape index (κ3) is 6.89. The number of hydrogen-bond acceptors (Lipinski definition) is 7. The van der Waals surface area contributed by atoms with Gasteiger partial charge < -0.3 is 10.2 Å². The van der Waals surface area contributed by atoms with Crippen molar-refractivity contribution in [3.05, 3.63) is 53.9 Å². The number of nitrogens with zero attached hydrogens (tertiary/aromatic N) is 4. The van der Waals surface area contributed by atoms with Gasteiger partial charge in [0.15, 0.2) is 0 Å². The van der Waals surface area contributed by atoms with Gasteiger partial charge in [0.1, 0.15) is 12.1 Å². The maximum atomic E-state index is 13.0. The lowest BCUT2D eigenvalue weighted by atomic mass is 9.72. The second-order valence-electron chi connectivity index (χ2n) is 11.0. The largest absolute Gasteiger partial charge is 0.393 e. The fourth-order valence-corrected chi connectivity index (χ4v) is 6.33. The van der Waals surface area contributed by atoms with Crippen LogP contribution in [0.2, 0.25) is 0 Å². The van der Waals surface area contributed by atoms with Gasteiger partial charge >= 0.3 is 6.18 Å². The van der Waals surface area contributed by atoms with Gasteiger partial charge in [-0.25, -0.2) is 18.4 Å². The molecule has 5 rings (SSSR count). The van der Waals surface area contributed by atoms with Crippen LogP contribution in [0.5, 0.6) is 0 Å². The lowest BCUT2D eigenvalue weighted by molar-refractivity contribution is -0.127. The molecule has 0 radical (unpaired) electrons. The number of piperidine rings is 1. The Morgan fingerprint density at radius 2 is 1.73 bits per heavy atom. The van der Waals surface area contributed by atoms with Gasteiger partial charge in [0.2, 0.25) is 15.9 Å². The number of amides is 1. The average Bonchev–Trinajstić information content (AvgIpc) is 2.88. The molecular weight excluding hydrogens is 557 g/mol. The number of anilines is 3. The summed E-state index contributed by atoms with van der Waals surface area (Å²) >= 11 is 0. The Balaban J connectivity index is 1.22. The summed E-state index contributed by atoms with van der Waals surface area (Å²) in [7, 11) is -3.50. The molecule has 1 amide bonds. The Kier molecular flexibility index (Phi) is 7.86. The highest BCUT2D eigenvalue weighted by molar-refractivity contribution is 7.92. The van der Waals surface area contributed by atoms with Crippen molar-refractivity contribution in [2.24, 2.45) is 5.41 Å². The van der Waals surface area contributed by atoms with Gasteiger partial charge in [-0.3, -0.25) is 14.4 Å². The maximum Gasteiger partial charge on any atom is 0.393 e. The van der Waals surface area contributed by atoms with Crippen LogP contribution < -0.4 is 14.9 Å². The minimum absolute atomic E-state index is 0.0756. The molecule has 0 atom stereocenters. The van der Waals surface area contributed by atoms with Crippen LogP contribution in [-0.4, -0.2) is 67.3 Å². The highest BCUT2D eigenvalue weighted by atomic mass is 32.2. The number of hydrogen-bond donors (Lipinski definition) is 2. The van der Waals surface area contributed by atoms with Crippen molar-refractivity contribution in [3.8, 4) is 0 Å². The Morgan fingerprint density at radius 3 is 2.39 bits per heavy atom. The first-order valence-electron chi connectivity index (χ1n) is 13.5. The molecule has 220 valence electrons. The molecule has 1 aromatic heterocycles. The van der Waals surface area contributed by atoms with Gasteiger partial charge in [-0.15, -0.1) is 0 Å². The van der Waals surface area contributed by atoms with Crippen molar-refractivity contribution in [1.82, 2.24) is 14.9 Å². The van der Waals surface area contributed by atoms with E-state index < -0.39 is 22.6 Å². The second-order valence-corrected chi connectivity index (χ2v) is 13.1. The molecule has 2 saturated heterocycles. The molecule has 0 unspecified atom stereocenters. The molecule has 2 fully saturated rings. The molecule has 3 aromatic rings. The molecule has 2 N–H and O–H groups in total. The number of benzene rings is 2. The summed E-state index contributed by atoms with van der Waals surface area (Å²) in [5.74, 6) is 0.311. The van der Waals surface area contributed by atoms with Gasteiger partial charge in [0, 0.05) is 37.4 Å². The van der Waals surface area contributed by atoms with Crippen molar-refractivity contribution in [1.29, 1.82) is 0 Å². The number of carbonyl (C=O) groups excluding carboxylic acids is 1. The number of fused-ring (bicyclic) bond motifs is 1. The van der Waals surface area contributed by atoms with E-state index in [1.807, 2.05) is 6.07 Å². The lowest BCUT2D eigenvalue weighted by Gasteiger charge is -2.54. The normalized spacial score (nSPS) is 17.4. The van der Waals surface area contributed by atoms with E-state index in [0.29, 0.717) is 34.6 Å². The highest BCUT2D eigenvalue weighted by Crippen LogP contribution is 2.44. The molecular formula is C28H33F3N6O3S. The average molecular weight is 591 g/mol. The maximum absolute atomic E-state index is 13.0. The fourth-order valence-electron chi connectivity index (χ4n) is 5.67. The van der Waals surface area contributed by atoms with Crippen LogP contribution in [0.1, 0.15) is 37.8 Å². The first-order chi connectivity index (χ1) is 19.3. The van der Waals surface area contributed by atoms with Gasteiger partial charge in [-0.05, 0) is 68.2 Å². The first-order valence-corrected chi connectivity index (χ1v) is 15.2. The van der Waals surface area contributed by atoms with Gasteiger partial charge in [0.05, 0.1) is 29.1 Å². The molecule has 2 aliphatic rings. The number of carbonyl (C=O) groups is 1. The van der Waals surface area contributed by atoms with Crippen molar-refractivity contribution in [3.63, 3.8) is 0 Å². The van der Waals surface area contributed by atoms with E-state index in [4.69, 9.17) is 0 Å². The van der Waals surface area contributed by atoms with Crippen LogP contribution in [0.15, 0.2) is 42.7 Å². The van der Waals surface area contributed by atoms with E-state index in [1.165, 1.54) is 19.3 Å². The summed E-state index contributed by atoms with van der Waals surface area (Å²) in [4.78, 5) is 24.9. The minimum Gasteiger partial charge on any atom is -0.355 e. The molecule has 41 heavy (non-hydrogen) atoms. The Hall–Kier alpha value is -3.45. The Labute approximate surface area is 237 Å². The third-order valence-corrected chi connectivity index (χ3v) is 9.09.